The van der Waals surface area contributed by atoms with E-state index < -0.39 is 28.7 Å². The third kappa shape index (κ3) is 15.5. The third-order valence-corrected chi connectivity index (χ3v) is 4.70. The van der Waals surface area contributed by atoms with Gasteiger partial charge in [0, 0.05) is 12.2 Å². The van der Waals surface area contributed by atoms with Gasteiger partial charge < -0.3 is 23.4 Å². The smallest absolute Gasteiger partial charge is 0.333 e. The lowest BCUT2D eigenvalue weighted by molar-refractivity contribution is -0.143. The van der Waals surface area contributed by atoms with Crippen molar-refractivity contribution in [2.24, 2.45) is 0 Å². The van der Waals surface area contributed by atoms with Crippen LogP contribution in [0.2, 0.25) is 39.3 Å². The van der Waals surface area contributed by atoms with Gasteiger partial charge in [0.1, 0.15) is 19.0 Å². The number of aliphatic hydroxyl groups excluding tert-OH is 1. The molecule has 0 fully saturated rings. The van der Waals surface area contributed by atoms with Gasteiger partial charge in [-0.05, 0) is 59.0 Å². The van der Waals surface area contributed by atoms with E-state index in [1.54, 1.807) is 6.92 Å². The Labute approximate surface area is 154 Å². The molecular formula is C17H36O6Si2. The summed E-state index contributed by atoms with van der Waals surface area (Å²) >= 11 is 0. The number of rotatable bonds is 13. The van der Waals surface area contributed by atoms with Crippen LogP contribution in [0.25, 0.3) is 0 Å². The molecule has 0 aliphatic heterocycles. The first kappa shape index (κ1) is 24.5. The topological polar surface area (TPSA) is 74.2 Å². The summed E-state index contributed by atoms with van der Waals surface area (Å²) in [6, 6.07) is 0. The van der Waals surface area contributed by atoms with Crippen LogP contribution in [0.5, 0.6) is 0 Å². The molecule has 0 aromatic rings. The summed E-state index contributed by atoms with van der Waals surface area (Å²) in [6.07, 6.45) is 0.506. The van der Waals surface area contributed by atoms with E-state index in [1.165, 1.54) is 0 Å². The monoisotopic (exact) mass is 392 g/mol. The van der Waals surface area contributed by atoms with Crippen molar-refractivity contribution < 1.29 is 28.2 Å². The molecule has 0 bridgehead atoms. The molecule has 1 atom stereocenters. The molecule has 0 aliphatic rings. The van der Waals surface area contributed by atoms with E-state index in [0.29, 0.717) is 12.2 Å². The summed E-state index contributed by atoms with van der Waals surface area (Å²) < 4.78 is 22.5. The van der Waals surface area contributed by atoms with Gasteiger partial charge in [-0.3, -0.25) is 0 Å². The highest BCUT2D eigenvalue weighted by Crippen LogP contribution is 2.17. The van der Waals surface area contributed by atoms with Crippen LogP contribution < -0.4 is 0 Å². The molecule has 0 aromatic carbocycles. The van der Waals surface area contributed by atoms with Gasteiger partial charge >= 0.3 is 5.97 Å². The fourth-order valence-electron chi connectivity index (χ4n) is 1.85. The van der Waals surface area contributed by atoms with Gasteiger partial charge in [0.05, 0.1) is 6.61 Å². The predicted octanol–water partition coefficient (Wildman–Crippen LogP) is 3.29. The average molecular weight is 393 g/mol. The van der Waals surface area contributed by atoms with Crippen molar-refractivity contribution >= 4 is 22.6 Å². The van der Waals surface area contributed by atoms with Crippen LogP contribution >= 0.6 is 0 Å². The fraction of sp³-hybridized carbons (Fsp3) is 0.824. The standard InChI is InChI=1S/C17H36O6Si2/c1-14(2)17(19)21-13-15(18)12-20-11-9-10-16(22-24(3,4)5)23-25(6,7)8/h15-16,18H,1,9-13H2,2-8H3. The van der Waals surface area contributed by atoms with E-state index in [-0.39, 0.29) is 19.5 Å². The molecule has 6 nitrogen and oxygen atoms in total. The molecule has 8 heteroatoms. The number of hydrogen-bond acceptors (Lipinski definition) is 6. The molecular weight excluding hydrogens is 356 g/mol. The summed E-state index contributed by atoms with van der Waals surface area (Å²) in [4.78, 5) is 11.2. The Morgan fingerprint density at radius 1 is 1.04 bits per heavy atom. The summed E-state index contributed by atoms with van der Waals surface area (Å²) in [7, 11) is -3.35. The quantitative estimate of drug-likeness (QED) is 0.170. The van der Waals surface area contributed by atoms with Crippen molar-refractivity contribution in [3.05, 3.63) is 12.2 Å². The van der Waals surface area contributed by atoms with E-state index in [9.17, 15) is 9.90 Å². The maximum atomic E-state index is 11.2. The van der Waals surface area contributed by atoms with Crippen LogP contribution in [0.1, 0.15) is 19.8 Å². The molecule has 0 aliphatic carbocycles. The zero-order valence-corrected chi connectivity index (χ0v) is 18.9. The van der Waals surface area contributed by atoms with Gasteiger partial charge in [-0.15, -0.1) is 0 Å². The summed E-state index contributed by atoms with van der Waals surface area (Å²) in [5, 5.41) is 9.72. The minimum Gasteiger partial charge on any atom is -0.460 e. The number of carbonyl (C=O) groups is 1. The molecule has 0 radical (unpaired) electrons. The number of ether oxygens (including phenoxy) is 2. The molecule has 1 N–H and O–H groups in total. The lowest BCUT2D eigenvalue weighted by Crippen LogP contribution is -2.40. The number of carbonyl (C=O) groups excluding carboxylic acids is 1. The van der Waals surface area contributed by atoms with Gasteiger partial charge in [0.25, 0.3) is 0 Å². The van der Waals surface area contributed by atoms with Crippen molar-refractivity contribution in [1.82, 2.24) is 0 Å². The van der Waals surface area contributed by atoms with E-state index in [0.717, 1.165) is 12.8 Å². The molecule has 0 aromatic heterocycles. The Kier molecular flexibility index (Phi) is 11.0. The van der Waals surface area contributed by atoms with Gasteiger partial charge in [0.15, 0.2) is 16.6 Å². The van der Waals surface area contributed by atoms with Crippen molar-refractivity contribution in [1.29, 1.82) is 0 Å². The van der Waals surface area contributed by atoms with Gasteiger partial charge in [-0.2, -0.15) is 0 Å². The Morgan fingerprint density at radius 2 is 1.56 bits per heavy atom. The van der Waals surface area contributed by atoms with Gasteiger partial charge in [0.2, 0.25) is 0 Å². The zero-order chi connectivity index (χ0) is 19.7. The number of aliphatic hydroxyl groups is 1. The van der Waals surface area contributed by atoms with E-state index >= 15 is 0 Å². The Morgan fingerprint density at radius 3 is 2.00 bits per heavy atom. The first-order chi connectivity index (χ1) is 11.3. The number of hydrogen-bond donors (Lipinski definition) is 1. The molecule has 1 unspecified atom stereocenters. The second-order valence-electron chi connectivity index (χ2n) is 8.14. The second kappa shape index (κ2) is 11.3. The lowest BCUT2D eigenvalue weighted by Gasteiger charge is -2.31. The maximum Gasteiger partial charge on any atom is 0.333 e. The maximum absolute atomic E-state index is 11.2. The Balaban J connectivity index is 4.04. The highest BCUT2D eigenvalue weighted by molar-refractivity contribution is 6.70. The van der Waals surface area contributed by atoms with E-state index in [4.69, 9.17) is 18.3 Å². The molecule has 0 rings (SSSR count). The summed E-state index contributed by atoms with van der Waals surface area (Å²) in [5.74, 6) is -0.506. The Bertz CT molecular complexity index is 398. The first-order valence-corrected chi connectivity index (χ1v) is 15.6. The normalized spacial score (nSPS) is 13.8. The molecule has 148 valence electrons. The van der Waals surface area contributed by atoms with Crippen LogP contribution in [0, 0.1) is 0 Å². The minimum atomic E-state index is -1.68. The molecule has 0 amide bonds. The highest BCUT2D eigenvalue weighted by atomic mass is 28.4. The first-order valence-electron chi connectivity index (χ1n) is 8.74. The fourth-order valence-corrected chi connectivity index (χ4v) is 3.85. The van der Waals surface area contributed by atoms with Crippen molar-refractivity contribution in [3.63, 3.8) is 0 Å². The van der Waals surface area contributed by atoms with Gasteiger partial charge in [-0.25, -0.2) is 4.79 Å². The molecule has 0 saturated heterocycles. The van der Waals surface area contributed by atoms with Crippen LogP contribution in [0.4, 0.5) is 0 Å². The zero-order valence-electron chi connectivity index (χ0n) is 16.9. The van der Waals surface area contributed by atoms with Crippen LogP contribution in [-0.2, 0) is 23.1 Å². The second-order valence-corrected chi connectivity index (χ2v) is 17.1. The Hall–Kier alpha value is -0.516. The van der Waals surface area contributed by atoms with Crippen LogP contribution in [0.3, 0.4) is 0 Å². The molecule has 25 heavy (non-hydrogen) atoms. The predicted molar refractivity (Wildman–Crippen MR) is 104 cm³/mol. The van der Waals surface area contributed by atoms with Crippen molar-refractivity contribution in [2.45, 2.75) is 71.4 Å². The SMILES string of the molecule is C=C(C)C(=O)OCC(O)COCCCC(O[Si](C)(C)C)O[Si](C)(C)C. The van der Waals surface area contributed by atoms with E-state index in [1.807, 2.05) is 0 Å². The third-order valence-electron chi connectivity index (χ3n) is 2.76. The molecule has 0 spiro atoms. The van der Waals surface area contributed by atoms with Crippen LogP contribution in [-0.4, -0.2) is 59.9 Å². The highest BCUT2D eigenvalue weighted by Gasteiger charge is 2.26. The summed E-state index contributed by atoms with van der Waals surface area (Å²) in [6.45, 7) is 18.4. The van der Waals surface area contributed by atoms with Crippen molar-refractivity contribution in [2.75, 3.05) is 19.8 Å². The van der Waals surface area contributed by atoms with Crippen molar-refractivity contribution in [3.8, 4) is 0 Å². The molecule has 0 saturated carbocycles. The van der Waals surface area contributed by atoms with E-state index in [2.05, 4.69) is 45.9 Å². The van der Waals surface area contributed by atoms with Crippen LogP contribution in [0.15, 0.2) is 12.2 Å². The summed E-state index contributed by atoms with van der Waals surface area (Å²) in [5.41, 5.74) is 0.309. The largest absolute Gasteiger partial charge is 0.460 e. The minimum absolute atomic E-state index is 0.0915. The number of esters is 1. The average Bonchev–Trinajstić information content (AvgIpc) is 2.40. The molecule has 0 heterocycles. The van der Waals surface area contributed by atoms with Gasteiger partial charge in [-0.1, -0.05) is 6.58 Å². The lowest BCUT2D eigenvalue weighted by atomic mass is 10.3.